The van der Waals surface area contributed by atoms with Crippen molar-refractivity contribution in [1.82, 2.24) is 0 Å². The van der Waals surface area contributed by atoms with Crippen molar-refractivity contribution in [3.63, 3.8) is 0 Å². The van der Waals surface area contributed by atoms with Gasteiger partial charge in [-0.2, -0.15) is 0 Å². The molecule has 0 aromatic heterocycles. The van der Waals surface area contributed by atoms with Crippen LogP contribution in [0, 0.1) is 19.7 Å². The summed E-state index contributed by atoms with van der Waals surface area (Å²) in [5.74, 6) is -0.168. The predicted molar refractivity (Wildman–Crippen MR) is 40.2 cm³/mol. The molecule has 1 heteroatoms. The lowest BCUT2D eigenvalue weighted by atomic mass is 10.1. The number of aryl methyl sites for hydroxylation is 1. The third kappa shape index (κ3) is 1.56. The largest absolute Gasteiger partial charge is 0.207 e. The van der Waals surface area contributed by atoms with Crippen LogP contribution in [0.4, 0.5) is 4.39 Å². The Hall–Kier alpha value is -0.850. The van der Waals surface area contributed by atoms with Crippen LogP contribution in [0.3, 0.4) is 0 Å². The average Bonchev–Trinajstić information content (AvgIpc) is 1.85. The molecule has 53 valence electrons. The minimum absolute atomic E-state index is 0.168. The van der Waals surface area contributed by atoms with Crippen LogP contribution in [0.5, 0.6) is 0 Å². The molecule has 0 heterocycles. The summed E-state index contributed by atoms with van der Waals surface area (Å²) in [5.41, 5.74) is 1.91. The molecule has 1 rings (SSSR count). The molecule has 1 aromatic carbocycles. The second-order valence-electron chi connectivity index (χ2n) is 2.39. The van der Waals surface area contributed by atoms with Crippen molar-refractivity contribution in [1.29, 1.82) is 0 Å². The Balaban J connectivity index is 3.06. The first-order valence-corrected chi connectivity index (χ1v) is 3.27. The van der Waals surface area contributed by atoms with Crippen molar-refractivity contribution >= 4 is 0 Å². The fourth-order valence-electron chi connectivity index (χ4n) is 0.956. The smallest absolute Gasteiger partial charge is 0.123 e. The summed E-state index contributed by atoms with van der Waals surface area (Å²) in [6.45, 7) is 5.55. The fraction of sp³-hybridized carbons (Fsp3) is 0.222. The van der Waals surface area contributed by atoms with Crippen LogP contribution in [0.15, 0.2) is 18.2 Å². The highest BCUT2D eigenvalue weighted by atomic mass is 19.1. The van der Waals surface area contributed by atoms with Crippen LogP contribution in [-0.4, -0.2) is 0 Å². The summed E-state index contributed by atoms with van der Waals surface area (Å²) < 4.78 is 12.6. The van der Waals surface area contributed by atoms with E-state index in [1.165, 1.54) is 12.1 Å². The Labute approximate surface area is 60.7 Å². The maximum Gasteiger partial charge on any atom is 0.123 e. The molecule has 0 nitrogen and oxygen atoms in total. The summed E-state index contributed by atoms with van der Waals surface area (Å²) in [6, 6.07) is 4.97. The number of rotatable bonds is 1. The van der Waals surface area contributed by atoms with E-state index in [4.69, 9.17) is 0 Å². The minimum atomic E-state index is -0.168. The molecule has 0 atom stereocenters. The van der Waals surface area contributed by atoms with Gasteiger partial charge < -0.3 is 0 Å². The van der Waals surface area contributed by atoms with Crippen LogP contribution in [0.2, 0.25) is 0 Å². The summed E-state index contributed by atoms with van der Waals surface area (Å²) in [4.78, 5) is 0. The highest BCUT2D eigenvalue weighted by molar-refractivity contribution is 5.23. The zero-order chi connectivity index (χ0) is 7.56. The van der Waals surface area contributed by atoms with Crippen LogP contribution in [0.25, 0.3) is 0 Å². The van der Waals surface area contributed by atoms with Crippen molar-refractivity contribution in [3.8, 4) is 0 Å². The second kappa shape index (κ2) is 2.82. The van der Waals surface area contributed by atoms with E-state index in [1.807, 2.05) is 13.0 Å². The van der Waals surface area contributed by atoms with Crippen molar-refractivity contribution in [2.24, 2.45) is 0 Å². The Morgan fingerprint density at radius 1 is 1.40 bits per heavy atom. The number of halogens is 1. The molecule has 1 aromatic rings. The Kier molecular flexibility index (Phi) is 2.05. The summed E-state index contributed by atoms with van der Waals surface area (Å²) in [6.07, 6.45) is 0.651. The molecule has 0 saturated heterocycles. The summed E-state index contributed by atoms with van der Waals surface area (Å²) in [5, 5.41) is 0. The summed E-state index contributed by atoms with van der Waals surface area (Å²) in [7, 11) is 0. The molecule has 0 N–H and O–H groups in total. The highest BCUT2D eigenvalue weighted by Crippen LogP contribution is 2.07. The van der Waals surface area contributed by atoms with Crippen LogP contribution >= 0.6 is 0 Å². The van der Waals surface area contributed by atoms with Crippen LogP contribution < -0.4 is 0 Å². The van der Waals surface area contributed by atoms with E-state index >= 15 is 0 Å². The Morgan fingerprint density at radius 2 is 2.10 bits per heavy atom. The Morgan fingerprint density at radius 3 is 2.60 bits per heavy atom. The maximum absolute atomic E-state index is 12.6. The van der Waals surface area contributed by atoms with Gasteiger partial charge in [0.2, 0.25) is 0 Å². The molecule has 0 aliphatic heterocycles. The zero-order valence-corrected chi connectivity index (χ0v) is 6.02. The molecule has 0 saturated carbocycles. The van der Waals surface area contributed by atoms with Gasteiger partial charge in [-0.05, 0) is 43.5 Å². The molecule has 1 radical (unpaired) electrons. The molecule has 0 spiro atoms. The lowest BCUT2D eigenvalue weighted by Crippen LogP contribution is -1.84. The van der Waals surface area contributed by atoms with Gasteiger partial charge in [-0.3, -0.25) is 0 Å². The van der Waals surface area contributed by atoms with E-state index in [9.17, 15) is 4.39 Å². The van der Waals surface area contributed by atoms with Gasteiger partial charge in [-0.1, -0.05) is 6.07 Å². The van der Waals surface area contributed by atoms with Gasteiger partial charge in [-0.15, -0.1) is 0 Å². The van der Waals surface area contributed by atoms with E-state index in [1.54, 1.807) is 0 Å². The van der Waals surface area contributed by atoms with Gasteiger partial charge in [0.25, 0.3) is 0 Å². The average molecular weight is 137 g/mol. The van der Waals surface area contributed by atoms with Gasteiger partial charge in [-0.25, -0.2) is 4.39 Å². The third-order valence-electron chi connectivity index (χ3n) is 1.39. The monoisotopic (exact) mass is 137 g/mol. The van der Waals surface area contributed by atoms with Crippen LogP contribution in [-0.2, 0) is 6.42 Å². The minimum Gasteiger partial charge on any atom is -0.207 e. The van der Waals surface area contributed by atoms with E-state index < -0.39 is 0 Å². The first-order valence-electron chi connectivity index (χ1n) is 3.27. The fourth-order valence-corrected chi connectivity index (χ4v) is 0.956. The van der Waals surface area contributed by atoms with Gasteiger partial charge >= 0.3 is 0 Å². The molecule has 0 bridgehead atoms. The van der Waals surface area contributed by atoms with E-state index in [0.29, 0.717) is 6.42 Å². The molecule has 0 aliphatic carbocycles. The van der Waals surface area contributed by atoms with Crippen molar-refractivity contribution < 1.29 is 4.39 Å². The molecule has 0 unspecified atom stereocenters. The lowest BCUT2D eigenvalue weighted by molar-refractivity contribution is 0.625. The van der Waals surface area contributed by atoms with Crippen molar-refractivity contribution in [2.75, 3.05) is 0 Å². The number of hydrogen-bond acceptors (Lipinski definition) is 0. The van der Waals surface area contributed by atoms with E-state index in [2.05, 4.69) is 6.92 Å². The topological polar surface area (TPSA) is 0 Å². The first-order chi connectivity index (χ1) is 4.72. The normalized spacial score (nSPS) is 9.90. The SMILES string of the molecule is [CH2]Cc1cc(C)cc(F)c1. The quantitative estimate of drug-likeness (QED) is 0.558. The molecule has 0 aliphatic rings. The maximum atomic E-state index is 12.6. The molecular weight excluding hydrogens is 127 g/mol. The molecular formula is C9H10F. The summed E-state index contributed by atoms with van der Waals surface area (Å²) >= 11 is 0. The van der Waals surface area contributed by atoms with Gasteiger partial charge in [0.15, 0.2) is 0 Å². The molecule has 10 heavy (non-hydrogen) atoms. The second-order valence-corrected chi connectivity index (χ2v) is 2.39. The number of hydrogen-bond donors (Lipinski definition) is 0. The van der Waals surface area contributed by atoms with E-state index in [-0.39, 0.29) is 5.82 Å². The Bertz CT molecular complexity index is 208. The van der Waals surface area contributed by atoms with Gasteiger partial charge in [0.1, 0.15) is 5.82 Å². The van der Waals surface area contributed by atoms with Crippen molar-refractivity contribution in [3.05, 3.63) is 42.1 Å². The standard InChI is InChI=1S/C9H10F/c1-3-8-4-7(2)5-9(10)6-8/h4-6H,1,3H2,2H3. The molecule has 0 fully saturated rings. The number of benzene rings is 1. The van der Waals surface area contributed by atoms with Crippen molar-refractivity contribution in [2.45, 2.75) is 13.3 Å². The van der Waals surface area contributed by atoms with Gasteiger partial charge in [0.05, 0.1) is 0 Å². The van der Waals surface area contributed by atoms with E-state index in [0.717, 1.165) is 11.1 Å². The zero-order valence-electron chi connectivity index (χ0n) is 6.02. The molecule has 0 amide bonds. The van der Waals surface area contributed by atoms with Gasteiger partial charge in [0, 0.05) is 0 Å². The third-order valence-corrected chi connectivity index (χ3v) is 1.39. The highest BCUT2D eigenvalue weighted by Gasteiger charge is 1.94. The first kappa shape index (κ1) is 7.26. The predicted octanol–water partition coefficient (Wildman–Crippen LogP) is 2.51. The van der Waals surface area contributed by atoms with Crippen LogP contribution in [0.1, 0.15) is 11.1 Å². The lowest BCUT2D eigenvalue weighted by Gasteiger charge is -1.97.